The first-order valence-electron chi connectivity index (χ1n) is 8.62. The minimum atomic E-state index is -1.35. The van der Waals surface area contributed by atoms with Crippen LogP contribution in [0, 0.1) is 0 Å². The second-order valence-electron chi connectivity index (χ2n) is 6.24. The van der Waals surface area contributed by atoms with Crippen LogP contribution in [0.5, 0.6) is 0 Å². The summed E-state index contributed by atoms with van der Waals surface area (Å²) < 4.78 is 5.85. The van der Waals surface area contributed by atoms with Gasteiger partial charge in [-0.05, 0) is 65.0 Å². The molecule has 0 bridgehead atoms. The summed E-state index contributed by atoms with van der Waals surface area (Å²) in [6.07, 6.45) is 5.11. The Kier molecular flexibility index (Phi) is 12.9. The molecule has 0 spiro atoms. The number of unbranched alkanes of at least 4 members (excludes halogenated alkanes) is 1. The molecule has 0 radical (unpaired) electrons. The Morgan fingerprint density at radius 1 is 0.900 bits per heavy atom. The molecule has 0 heterocycles. The first-order chi connectivity index (χ1) is 9.55. The van der Waals surface area contributed by atoms with Crippen molar-refractivity contribution in [2.75, 3.05) is 39.3 Å². The van der Waals surface area contributed by atoms with Gasteiger partial charge in [-0.25, -0.2) is 0 Å². The highest BCUT2D eigenvalue weighted by Crippen LogP contribution is 2.14. The molecule has 0 rings (SSSR count). The minimum absolute atomic E-state index is 0.877. The second kappa shape index (κ2) is 12.8. The van der Waals surface area contributed by atoms with Gasteiger partial charge in [0.2, 0.25) is 0 Å². The summed E-state index contributed by atoms with van der Waals surface area (Å²) in [5.74, 6) is 0. The first-order valence-corrected chi connectivity index (χ1v) is 11.7. The Morgan fingerprint density at radius 3 is 2.10 bits per heavy atom. The zero-order valence-corrected chi connectivity index (χ0v) is 15.6. The van der Waals surface area contributed by atoms with E-state index in [1.54, 1.807) is 0 Å². The lowest BCUT2D eigenvalue weighted by atomic mass is 10.3. The van der Waals surface area contributed by atoms with Crippen LogP contribution in [-0.4, -0.2) is 52.5 Å². The van der Waals surface area contributed by atoms with Crippen LogP contribution in [0.2, 0.25) is 19.1 Å². The van der Waals surface area contributed by atoms with E-state index in [0.717, 1.165) is 19.7 Å². The third-order valence-corrected chi connectivity index (χ3v) is 6.23. The normalized spacial score (nSPS) is 12.3. The molecule has 0 unspecified atom stereocenters. The molecule has 4 heteroatoms. The SMILES string of the molecule is CCCN(CCC)CCNCCCC[Si](C)(C)OCC. The number of rotatable bonds is 14. The number of nitrogens with zero attached hydrogens (tertiary/aromatic N) is 1. The molecule has 0 fully saturated rings. The van der Waals surface area contributed by atoms with E-state index in [1.165, 1.54) is 51.4 Å². The van der Waals surface area contributed by atoms with Crippen LogP contribution < -0.4 is 5.32 Å². The maximum absolute atomic E-state index is 5.85. The van der Waals surface area contributed by atoms with Gasteiger partial charge in [0.1, 0.15) is 0 Å². The van der Waals surface area contributed by atoms with E-state index in [4.69, 9.17) is 4.43 Å². The summed E-state index contributed by atoms with van der Waals surface area (Å²) >= 11 is 0. The molecule has 0 atom stereocenters. The highest BCUT2D eigenvalue weighted by molar-refractivity contribution is 6.71. The van der Waals surface area contributed by atoms with Crippen LogP contribution in [-0.2, 0) is 4.43 Å². The van der Waals surface area contributed by atoms with Gasteiger partial charge in [-0.3, -0.25) is 0 Å². The van der Waals surface area contributed by atoms with Crippen molar-refractivity contribution < 1.29 is 4.43 Å². The number of nitrogens with one attached hydrogen (secondary N) is 1. The average Bonchev–Trinajstić information content (AvgIpc) is 2.37. The van der Waals surface area contributed by atoms with Crippen molar-refractivity contribution in [1.82, 2.24) is 10.2 Å². The van der Waals surface area contributed by atoms with Gasteiger partial charge in [0, 0.05) is 19.7 Å². The highest BCUT2D eigenvalue weighted by atomic mass is 28.4. The van der Waals surface area contributed by atoms with Crippen molar-refractivity contribution in [3.63, 3.8) is 0 Å². The molecule has 122 valence electrons. The molecule has 0 aliphatic rings. The van der Waals surface area contributed by atoms with E-state index in [9.17, 15) is 0 Å². The van der Waals surface area contributed by atoms with E-state index in [-0.39, 0.29) is 0 Å². The fourth-order valence-corrected chi connectivity index (χ4v) is 4.62. The Morgan fingerprint density at radius 2 is 1.55 bits per heavy atom. The third-order valence-electron chi connectivity index (χ3n) is 3.60. The Bertz CT molecular complexity index is 207. The summed E-state index contributed by atoms with van der Waals surface area (Å²) in [6, 6.07) is 1.29. The fourth-order valence-electron chi connectivity index (χ4n) is 2.59. The molecular weight excluding hydrogens is 264 g/mol. The molecule has 0 amide bonds. The Balaban J connectivity index is 3.47. The van der Waals surface area contributed by atoms with Crippen LogP contribution in [0.1, 0.15) is 46.5 Å². The molecular formula is C16H38N2OSi. The summed E-state index contributed by atoms with van der Waals surface area (Å²) in [4.78, 5) is 2.57. The van der Waals surface area contributed by atoms with Gasteiger partial charge in [-0.15, -0.1) is 0 Å². The third kappa shape index (κ3) is 11.9. The first kappa shape index (κ1) is 20.1. The van der Waals surface area contributed by atoms with Crippen LogP contribution in [0.3, 0.4) is 0 Å². The quantitative estimate of drug-likeness (QED) is 0.391. The predicted molar refractivity (Wildman–Crippen MR) is 93.0 cm³/mol. The molecule has 0 aromatic rings. The van der Waals surface area contributed by atoms with Gasteiger partial charge >= 0.3 is 0 Å². The molecule has 0 aliphatic carbocycles. The van der Waals surface area contributed by atoms with Gasteiger partial charge in [-0.1, -0.05) is 20.3 Å². The van der Waals surface area contributed by atoms with Gasteiger partial charge in [0.25, 0.3) is 0 Å². The minimum Gasteiger partial charge on any atom is -0.418 e. The smallest absolute Gasteiger partial charge is 0.186 e. The summed E-state index contributed by atoms with van der Waals surface area (Å²) in [6.45, 7) is 18.1. The van der Waals surface area contributed by atoms with Gasteiger partial charge in [0.15, 0.2) is 8.32 Å². The van der Waals surface area contributed by atoms with Crippen molar-refractivity contribution >= 4 is 8.32 Å². The molecule has 3 nitrogen and oxygen atoms in total. The average molecular weight is 303 g/mol. The lowest BCUT2D eigenvalue weighted by Gasteiger charge is -2.22. The largest absolute Gasteiger partial charge is 0.418 e. The van der Waals surface area contributed by atoms with Crippen molar-refractivity contribution in [3.05, 3.63) is 0 Å². The predicted octanol–water partition coefficient (Wildman–Crippen LogP) is 3.72. The van der Waals surface area contributed by atoms with E-state index >= 15 is 0 Å². The molecule has 0 saturated heterocycles. The number of hydrogen-bond acceptors (Lipinski definition) is 3. The van der Waals surface area contributed by atoms with E-state index in [1.807, 2.05) is 0 Å². The lowest BCUT2D eigenvalue weighted by Crippen LogP contribution is -2.34. The van der Waals surface area contributed by atoms with Crippen molar-refractivity contribution in [2.24, 2.45) is 0 Å². The van der Waals surface area contributed by atoms with Gasteiger partial charge < -0.3 is 14.6 Å². The van der Waals surface area contributed by atoms with E-state index in [0.29, 0.717) is 0 Å². The zero-order chi connectivity index (χ0) is 15.3. The molecule has 1 N–H and O–H groups in total. The lowest BCUT2D eigenvalue weighted by molar-refractivity contribution is 0.274. The van der Waals surface area contributed by atoms with E-state index < -0.39 is 8.32 Å². The fraction of sp³-hybridized carbons (Fsp3) is 1.00. The maximum Gasteiger partial charge on any atom is 0.186 e. The van der Waals surface area contributed by atoms with Crippen LogP contribution in [0.4, 0.5) is 0 Å². The molecule has 0 aromatic heterocycles. The summed E-state index contributed by atoms with van der Waals surface area (Å²) in [5.41, 5.74) is 0. The van der Waals surface area contributed by atoms with Crippen LogP contribution in [0.25, 0.3) is 0 Å². The van der Waals surface area contributed by atoms with Crippen molar-refractivity contribution in [1.29, 1.82) is 0 Å². The summed E-state index contributed by atoms with van der Waals surface area (Å²) in [7, 11) is -1.35. The maximum atomic E-state index is 5.85. The second-order valence-corrected chi connectivity index (χ2v) is 10.5. The Hall–Kier alpha value is 0.0969. The molecule has 0 aromatic carbocycles. The highest BCUT2D eigenvalue weighted by Gasteiger charge is 2.20. The number of hydrogen-bond donors (Lipinski definition) is 1. The molecule has 0 aliphatic heterocycles. The van der Waals surface area contributed by atoms with Gasteiger partial charge in [0.05, 0.1) is 0 Å². The monoisotopic (exact) mass is 302 g/mol. The Labute approximate surface area is 128 Å². The molecule has 0 saturated carbocycles. The van der Waals surface area contributed by atoms with Crippen LogP contribution in [0.15, 0.2) is 0 Å². The van der Waals surface area contributed by atoms with E-state index in [2.05, 4.69) is 44.1 Å². The van der Waals surface area contributed by atoms with Crippen molar-refractivity contribution in [3.8, 4) is 0 Å². The summed E-state index contributed by atoms with van der Waals surface area (Å²) in [5, 5.41) is 3.58. The van der Waals surface area contributed by atoms with Crippen LogP contribution >= 0.6 is 0 Å². The zero-order valence-electron chi connectivity index (χ0n) is 14.6. The van der Waals surface area contributed by atoms with Gasteiger partial charge in [-0.2, -0.15) is 0 Å². The molecule has 20 heavy (non-hydrogen) atoms. The topological polar surface area (TPSA) is 24.5 Å². The van der Waals surface area contributed by atoms with Crippen molar-refractivity contribution in [2.45, 2.75) is 65.6 Å². The standard InChI is InChI=1S/C16H38N2OSi/c1-6-13-18(14-7-2)15-12-17-11-9-10-16-20(4,5)19-8-3/h17H,6-16H2,1-5H3.